The summed E-state index contributed by atoms with van der Waals surface area (Å²) in [5, 5.41) is 6.56. The fourth-order valence-electron chi connectivity index (χ4n) is 2.15. The van der Waals surface area contributed by atoms with Crippen LogP contribution in [0.25, 0.3) is 0 Å². The van der Waals surface area contributed by atoms with Gasteiger partial charge < -0.3 is 20.1 Å². The van der Waals surface area contributed by atoms with E-state index in [1.807, 2.05) is 50.2 Å². The average Bonchev–Trinajstić information content (AvgIpc) is 2.62. The Labute approximate surface area is 153 Å². The Morgan fingerprint density at radius 2 is 1.88 bits per heavy atom. The molecule has 2 aromatic rings. The van der Waals surface area contributed by atoms with Crippen LogP contribution in [0.4, 0.5) is 11.4 Å². The Morgan fingerprint density at radius 3 is 2.60 bits per heavy atom. The van der Waals surface area contributed by atoms with Gasteiger partial charge in [-0.3, -0.25) is 4.79 Å². The maximum atomic E-state index is 12.1. The molecular formula is C19H23ClN2O3. The van der Waals surface area contributed by atoms with Crippen molar-refractivity contribution in [2.24, 2.45) is 0 Å². The van der Waals surface area contributed by atoms with Crippen molar-refractivity contribution in [3.8, 4) is 5.75 Å². The Bertz CT molecular complexity index is 690. The predicted octanol–water partition coefficient (Wildman–Crippen LogP) is 4.11. The van der Waals surface area contributed by atoms with Crippen molar-refractivity contribution in [1.29, 1.82) is 0 Å². The molecule has 6 heteroatoms. The average molecular weight is 363 g/mol. The molecule has 134 valence electrons. The molecule has 0 unspecified atom stereocenters. The number of amides is 1. The summed E-state index contributed by atoms with van der Waals surface area (Å²) < 4.78 is 10.8. The summed E-state index contributed by atoms with van der Waals surface area (Å²) >= 11 is 6.05. The highest BCUT2D eigenvalue weighted by Gasteiger charge is 2.06. The number of carbonyl (C=O) groups excluding carboxylic acids is 1. The molecule has 0 heterocycles. The van der Waals surface area contributed by atoms with Crippen LogP contribution in [0.3, 0.4) is 0 Å². The van der Waals surface area contributed by atoms with Crippen molar-refractivity contribution in [3.05, 3.63) is 53.1 Å². The molecule has 0 spiro atoms. The molecule has 0 saturated carbocycles. The van der Waals surface area contributed by atoms with Crippen molar-refractivity contribution in [2.45, 2.75) is 13.8 Å². The zero-order valence-corrected chi connectivity index (χ0v) is 15.2. The van der Waals surface area contributed by atoms with Gasteiger partial charge in [-0.05, 0) is 55.8 Å². The molecule has 0 aromatic heterocycles. The topological polar surface area (TPSA) is 59.6 Å². The molecule has 25 heavy (non-hydrogen) atoms. The summed E-state index contributed by atoms with van der Waals surface area (Å²) in [4.78, 5) is 12.1. The number of hydrogen-bond donors (Lipinski definition) is 2. The standard InChI is InChI=1S/C19H23ClN2O3/c1-3-24-11-12-25-16-9-7-15(8-10-16)21-13-19(23)22-18-6-4-5-17(20)14(18)2/h4-10,21H,3,11-13H2,1-2H3,(H,22,23). The van der Waals surface area contributed by atoms with Crippen LogP contribution in [0.15, 0.2) is 42.5 Å². The molecule has 0 aliphatic rings. The van der Waals surface area contributed by atoms with E-state index in [1.165, 1.54) is 0 Å². The fraction of sp³-hybridized carbons (Fsp3) is 0.316. The van der Waals surface area contributed by atoms with Gasteiger partial charge in [-0.25, -0.2) is 0 Å². The SMILES string of the molecule is CCOCCOc1ccc(NCC(=O)Nc2cccc(Cl)c2C)cc1. The highest BCUT2D eigenvalue weighted by molar-refractivity contribution is 6.31. The first kappa shape index (κ1) is 19.1. The summed E-state index contributed by atoms with van der Waals surface area (Å²) in [6, 6.07) is 12.9. The largest absolute Gasteiger partial charge is 0.491 e. The molecule has 0 aliphatic heterocycles. The van der Waals surface area contributed by atoms with Gasteiger partial charge in [0.15, 0.2) is 0 Å². The van der Waals surface area contributed by atoms with E-state index in [0.29, 0.717) is 24.8 Å². The maximum absolute atomic E-state index is 12.1. The van der Waals surface area contributed by atoms with Crippen LogP contribution in [0.1, 0.15) is 12.5 Å². The van der Waals surface area contributed by atoms with Crippen molar-refractivity contribution in [3.63, 3.8) is 0 Å². The van der Waals surface area contributed by atoms with Crippen LogP contribution in [0.5, 0.6) is 5.75 Å². The Kier molecular flexibility index (Phi) is 7.57. The van der Waals surface area contributed by atoms with Gasteiger partial charge in [0.05, 0.1) is 13.2 Å². The molecular weight excluding hydrogens is 340 g/mol. The van der Waals surface area contributed by atoms with Gasteiger partial charge >= 0.3 is 0 Å². The smallest absolute Gasteiger partial charge is 0.243 e. The van der Waals surface area contributed by atoms with Gasteiger partial charge in [0, 0.05) is 23.0 Å². The second-order valence-electron chi connectivity index (χ2n) is 5.38. The lowest BCUT2D eigenvalue weighted by Gasteiger charge is -2.11. The quantitative estimate of drug-likeness (QED) is 0.659. The lowest BCUT2D eigenvalue weighted by Crippen LogP contribution is -2.22. The first-order valence-corrected chi connectivity index (χ1v) is 8.57. The lowest BCUT2D eigenvalue weighted by atomic mass is 10.2. The van der Waals surface area contributed by atoms with Gasteiger partial charge in [-0.1, -0.05) is 17.7 Å². The first-order chi connectivity index (χ1) is 12.1. The molecule has 0 saturated heterocycles. The minimum Gasteiger partial charge on any atom is -0.491 e. The molecule has 0 radical (unpaired) electrons. The van der Waals surface area contributed by atoms with Gasteiger partial charge in [0.2, 0.25) is 5.91 Å². The van der Waals surface area contributed by atoms with Gasteiger partial charge in [-0.15, -0.1) is 0 Å². The second kappa shape index (κ2) is 9.91. The number of rotatable bonds is 9. The number of benzene rings is 2. The van der Waals surface area contributed by atoms with E-state index in [-0.39, 0.29) is 12.5 Å². The molecule has 1 amide bonds. The number of hydrogen-bond acceptors (Lipinski definition) is 4. The molecule has 0 atom stereocenters. The monoisotopic (exact) mass is 362 g/mol. The van der Waals surface area contributed by atoms with Gasteiger partial charge in [-0.2, -0.15) is 0 Å². The molecule has 2 N–H and O–H groups in total. The third kappa shape index (κ3) is 6.29. The summed E-state index contributed by atoms with van der Waals surface area (Å²) in [5.74, 6) is 0.631. The number of carbonyl (C=O) groups is 1. The first-order valence-electron chi connectivity index (χ1n) is 8.19. The number of ether oxygens (including phenoxy) is 2. The molecule has 5 nitrogen and oxygen atoms in total. The summed E-state index contributed by atoms with van der Waals surface area (Å²) in [6.07, 6.45) is 0. The Morgan fingerprint density at radius 1 is 1.12 bits per heavy atom. The molecule has 2 rings (SSSR count). The number of nitrogens with one attached hydrogen (secondary N) is 2. The van der Waals surface area contributed by atoms with Crippen molar-refractivity contribution >= 4 is 28.9 Å². The second-order valence-corrected chi connectivity index (χ2v) is 5.79. The van der Waals surface area contributed by atoms with Crippen molar-refractivity contribution in [1.82, 2.24) is 0 Å². The van der Waals surface area contributed by atoms with E-state index < -0.39 is 0 Å². The van der Waals surface area contributed by atoms with Gasteiger partial charge in [0.1, 0.15) is 12.4 Å². The summed E-state index contributed by atoms with van der Waals surface area (Å²) in [6.45, 7) is 5.75. The minimum atomic E-state index is -0.137. The fourth-order valence-corrected chi connectivity index (χ4v) is 2.33. The zero-order chi connectivity index (χ0) is 18.1. The third-order valence-corrected chi connectivity index (χ3v) is 3.96. The minimum absolute atomic E-state index is 0.137. The normalized spacial score (nSPS) is 10.4. The molecule has 0 bridgehead atoms. The molecule has 0 aliphatic carbocycles. The van der Waals surface area contributed by atoms with Crippen LogP contribution in [0.2, 0.25) is 5.02 Å². The van der Waals surface area contributed by atoms with E-state index in [4.69, 9.17) is 21.1 Å². The van der Waals surface area contributed by atoms with E-state index in [9.17, 15) is 4.79 Å². The van der Waals surface area contributed by atoms with E-state index >= 15 is 0 Å². The van der Waals surface area contributed by atoms with Crippen LogP contribution in [-0.4, -0.2) is 32.3 Å². The van der Waals surface area contributed by atoms with E-state index in [0.717, 1.165) is 22.7 Å². The van der Waals surface area contributed by atoms with E-state index in [2.05, 4.69) is 10.6 Å². The van der Waals surface area contributed by atoms with E-state index in [1.54, 1.807) is 6.07 Å². The van der Waals surface area contributed by atoms with Crippen LogP contribution in [-0.2, 0) is 9.53 Å². The van der Waals surface area contributed by atoms with Gasteiger partial charge in [0.25, 0.3) is 0 Å². The van der Waals surface area contributed by atoms with Crippen LogP contribution < -0.4 is 15.4 Å². The highest BCUT2D eigenvalue weighted by atomic mass is 35.5. The van der Waals surface area contributed by atoms with Crippen molar-refractivity contribution in [2.75, 3.05) is 37.0 Å². The van der Waals surface area contributed by atoms with Crippen molar-refractivity contribution < 1.29 is 14.3 Å². The molecule has 2 aromatic carbocycles. The van der Waals surface area contributed by atoms with Crippen LogP contribution >= 0.6 is 11.6 Å². The summed E-state index contributed by atoms with van der Waals surface area (Å²) in [7, 11) is 0. The maximum Gasteiger partial charge on any atom is 0.243 e. The predicted molar refractivity (Wildman–Crippen MR) is 102 cm³/mol. The number of halogens is 1. The lowest BCUT2D eigenvalue weighted by molar-refractivity contribution is -0.114. The summed E-state index contributed by atoms with van der Waals surface area (Å²) in [5.41, 5.74) is 2.42. The zero-order valence-electron chi connectivity index (χ0n) is 14.5. The Hall–Kier alpha value is -2.24. The Balaban J connectivity index is 1.78. The van der Waals surface area contributed by atoms with Crippen LogP contribution in [0, 0.1) is 6.92 Å². The highest BCUT2D eigenvalue weighted by Crippen LogP contribution is 2.22. The third-order valence-electron chi connectivity index (χ3n) is 3.55. The molecule has 0 fully saturated rings. The number of anilines is 2.